The van der Waals surface area contributed by atoms with E-state index in [2.05, 4.69) is 41.4 Å². The second-order valence-corrected chi connectivity index (χ2v) is 9.51. The van der Waals surface area contributed by atoms with Gasteiger partial charge in [0.2, 0.25) is 5.91 Å². The fourth-order valence-electron chi connectivity index (χ4n) is 4.68. The Morgan fingerprint density at radius 1 is 0.944 bits per heavy atom. The van der Waals surface area contributed by atoms with Crippen LogP contribution >= 0.6 is 0 Å². The summed E-state index contributed by atoms with van der Waals surface area (Å²) in [7, 11) is 0. The molecule has 0 bridgehead atoms. The Hall–Kier alpha value is -3.02. The number of nitrogens with one attached hydrogen (secondary N) is 1. The Kier molecular flexibility index (Phi) is 11.1. The van der Waals surface area contributed by atoms with Gasteiger partial charge in [0.25, 0.3) is 0 Å². The Labute approximate surface area is 216 Å². The number of carbonyl (C=O) groups excluding carboxylic acids is 2. The fraction of sp³-hybridized carbons (Fsp3) is 0.533. The van der Waals surface area contributed by atoms with E-state index in [0.717, 1.165) is 44.3 Å². The van der Waals surface area contributed by atoms with E-state index < -0.39 is 5.97 Å². The topological polar surface area (TPSA) is 67.9 Å². The lowest BCUT2D eigenvalue weighted by Crippen LogP contribution is -2.34. The van der Waals surface area contributed by atoms with Gasteiger partial charge in [-0.05, 0) is 67.9 Å². The molecule has 2 aromatic rings. The van der Waals surface area contributed by atoms with Crippen LogP contribution in [-0.2, 0) is 16.0 Å². The highest BCUT2D eigenvalue weighted by atomic mass is 16.5. The lowest BCUT2D eigenvalue weighted by Gasteiger charge is -2.32. The number of hydrogen-bond donors (Lipinski definition) is 1. The third-order valence-electron chi connectivity index (χ3n) is 6.45. The molecule has 1 amide bonds. The van der Waals surface area contributed by atoms with E-state index in [-0.39, 0.29) is 18.4 Å². The highest BCUT2D eigenvalue weighted by molar-refractivity contribution is 5.93. The largest absolute Gasteiger partial charge is 0.493 e. The van der Waals surface area contributed by atoms with Gasteiger partial charge in [-0.1, -0.05) is 51.5 Å². The molecule has 6 nitrogen and oxygen atoms in total. The molecule has 0 radical (unpaired) electrons. The molecule has 1 aliphatic rings. The number of carbonyl (C=O) groups is 2. The second kappa shape index (κ2) is 14.5. The van der Waals surface area contributed by atoms with Crippen molar-refractivity contribution in [3.63, 3.8) is 0 Å². The average Bonchev–Trinajstić information content (AvgIpc) is 2.91. The van der Waals surface area contributed by atoms with Gasteiger partial charge in [0.05, 0.1) is 25.7 Å². The van der Waals surface area contributed by atoms with Crippen LogP contribution in [0, 0.1) is 0 Å². The first-order valence-electron chi connectivity index (χ1n) is 13.6. The van der Waals surface area contributed by atoms with E-state index in [9.17, 15) is 9.59 Å². The van der Waals surface area contributed by atoms with Crippen LogP contribution in [0.5, 0.6) is 5.75 Å². The van der Waals surface area contributed by atoms with E-state index in [1.54, 1.807) is 12.1 Å². The normalized spacial score (nSPS) is 14.2. The second-order valence-electron chi connectivity index (χ2n) is 9.51. The number of nitrogens with zero attached hydrogens (tertiary/aromatic N) is 1. The van der Waals surface area contributed by atoms with E-state index in [1.807, 2.05) is 19.9 Å². The monoisotopic (exact) mass is 494 g/mol. The summed E-state index contributed by atoms with van der Waals surface area (Å²) in [5.74, 6) is 0.0461. The predicted molar refractivity (Wildman–Crippen MR) is 145 cm³/mol. The molecule has 1 unspecified atom stereocenters. The first-order chi connectivity index (χ1) is 17.6. The Morgan fingerprint density at radius 2 is 1.69 bits per heavy atom. The number of esters is 1. The molecule has 0 aliphatic carbocycles. The molecule has 1 fully saturated rings. The van der Waals surface area contributed by atoms with Gasteiger partial charge in [0, 0.05) is 18.8 Å². The SMILES string of the molecule is CCCOC(=O)c1ccc(CC(=O)NC(CCC)c2ccccc2N2CCCCC2)cc1OCCC. The van der Waals surface area contributed by atoms with Crippen molar-refractivity contribution >= 4 is 17.6 Å². The van der Waals surface area contributed by atoms with E-state index in [4.69, 9.17) is 9.47 Å². The predicted octanol–water partition coefficient (Wildman–Crippen LogP) is 6.23. The molecule has 1 saturated heterocycles. The minimum atomic E-state index is -0.392. The zero-order valence-electron chi connectivity index (χ0n) is 22.2. The van der Waals surface area contributed by atoms with Gasteiger partial charge in [-0.3, -0.25) is 4.79 Å². The van der Waals surface area contributed by atoms with Gasteiger partial charge in [-0.2, -0.15) is 0 Å². The number of piperidine rings is 1. The van der Waals surface area contributed by atoms with Crippen LogP contribution in [0.1, 0.15) is 93.2 Å². The number of hydrogen-bond acceptors (Lipinski definition) is 5. The maximum atomic E-state index is 13.2. The van der Waals surface area contributed by atoms with E-state index in [0.29, 0.717) is 24.5 Å². The number of para-hydroxylation sites is 1. The molecule has 1 N–H and O–H groups in total. The highest BCUT2D eigenvalue weighted by Crippen LogP contribution is 2.31. The smallest absolute Gasteiger partial charge is 0.341 e. The highest BCUT2D eigenvalue weighted by Gasteiger charge is 2.22. The van der Waals surface area contributed by atoms with Crippen LogP contribution in [0.15, 0.2) is 42.5 Å². The summed E-state index contributed by atoms with van der Waals surface area (Å²) in [6.45, 7) is 9.12. The van der Waals surface area contributed by atoms with Crippen molar-refractivity contribution in [3.05, 3.63) is 59.2 Å². The van der Waals surface area contributed by atoms with E-state index >= 15 is 0 Å². The van der Waals surface area contributed by atoms with Crippen LogP contribution < -0.4 is 15.0 Å². The van der Waals surface area contributed by atoms with Gasteiger partial charge in [0.15, 0.2) is 0 Å². The Bertz CT molecular complexity index is 985. The maximum absolute atomic E-state index is 13.2. The van der Waals surface area contributed by atoms with Crippen LogP contribution in [0.3, 0.4) is 0 Å². The molecule has 2 aromatic carbocycles. The number of ether oxygens (including phenoxy) is 2. The zero-order chi connectivity index (χ0) is 25.8. The quantitative estimate of drug-likeness (QED) is 0.334. The molecular weight excluding hydrogens is 452 g/mol. The fourth-order valence-corrected chi connectivity index (χ4v) is 4.68. The minimum absolute atomic E-state index is 0.0374. The molecule has 1 atom stereocenters. The first kappa shape index (κ1) is 27.6. The van der Waals surface area contributed by atoms with Crippen LogP contribution in [0.2, 0.25) is 0 Å². The molecule has 0 saturated carbocycles. The number of amides is 1. The van der Waals surface area contributed by atoms with Crippen LogP contribution in [0.25, 0.3) is 0 Å². The maximum Gasteiger partial charge on any atom is 0.341 e. The van der Waals surface area contributed by atoms with Gasteiger partial charge >= 0.3 is 5.97 Å². The van der Waals surface area contributed by atoms with Crippen LogP contribution in [0.4, 0.5) is 5.69 Å². The lowest BCUT2D eigenvalue weighted by atomic mass is 9.97. The molecule has 196 valence electrons. The Balaban J connectivity index is 1.75. The summed E-state index contributed by atoms with van der Waals surface area (Å²) in [5.41, 5.74) is 3.64. The summed E-state index contributed by atoms with van der Waals surface area (Å²) in [5, 5.41) is 3.29. The first-order valence-corrected chi connectivity index (χ1v) is 13.6. The summed E-state index contributed by atoms with van der Waals surface area (Å²) < 4.78 is 11.1. The summed E-state index contributed by atoms with van der Waals surface area (Å²) in [6, 6.07) is 13.8. The van der Waals surface area contributed by atoms with Crippen molar-refractivity contribution in [1.29, 1.82) is 0 Å². The minimum Gasteiger partial charge on any atom is -0.493 e. The van der Waals surface area contributed by atoms with Crippen molar-refractivity contribution in [3.8, 4) is 5.75 Å². The molecule has 0 spiro atoms. The number of rotatable bonds is 13. The van der Waals surface area contributed by atoms with Crippen LogP contribution in [-0.4, -0.2) is 38.2 Å². The summed E-state index contributed by atoms with van der Waals surface area (Å²) in [6.07, 6.45) is 7.36. The third-order valence-corrected chi connectivity index (χ3v) is 6.45. The molecule has 36 heavy (non-hydrogen) atoms. The Morgan fingerprint density at radius 3 is 2.42 bits per heavy atom. The van der Waals surface area contributed by atoms with Gasteiger partial charge in [-0.25, -0.2) is 4.79 Å². The summed E-state index contributed by atoms with van der Waals surface area (Å²) >= 11 is 0. The summed E-state index contributed by atoms with van der Waals surface area (Å²) in [4.78, 5) is 28.1. The van der Waals surface area contributed by atoms with Crippen molar-refractivity contribution in [1.82, 2.24) is 5.32 Å². The van der Waals surface area contributed by atoms with Crippen molar-refractivity contribution < 1.29 is 19.1 Å². The lowest BCUT2D eigenvalue weighted by molar-refractivity contribution is -0.121. The molecule has 0 aromatic heterocycles. The van der Waals surface area contributed by atoms with Gasteiger partial charge in [0.1, 0.15) is 11.3 Å². The number of anilines is 1. The zero-order valence-corrected chi connectivity index (χ0v) is 22.2. The molecule has 3 rings (SSSR count). The number of benzene rings is 2. The third kappa shape index (κ3) is 7.74. The molecule has 6 heteroatoms. The average molecular weight is 495 g/mol. The standard InChI is InChI=1S/C30H42N2O4/c1-4-12-26(24-13-8-9-14-27(24)32-17-10-7-11-18-32)31-29(33)22-23-15-16-25(30(34)36-20-6-3)28(21-23)35-19-5-2/h8-9,13-16,21,26H,4-7,10-12,17-20,22H2,1-3H3,(H,31,33). The van der Waals surface area contributed by atoms with E-state index in [1.165, 1.54) is 30.5 Å². The van der Waals surface area contributed by atoms with Crippen molar-refractivity contribution in [2.45, 2.75) is 78.2 Å². The molecule has 1 aliphatic heterocycles. The van der Waals surface area contributed by atoms with Crippen molar-refractivity contribution in [2.75, 3.05) is 31.2 Å². The molecule has 1 heterocycles. The van der Waals surface area contributed by atoms with Gasteiger partial charge < -0.3 is 19.7 Å². The van der Waals surface area contributed by atoms with Gasteiger partial charge in [-0.15, -0.1) is 0 Å². The van der Waals surface area contributed by atoms with Crippen molar-refractivity contribution in [2.24, 2.45) is 0 Å². The molecular formula is C30H42N2O4.